The van der Waals surface area contributed by atoms with Crippen LogP contribution in [0.2, 0.25) is 6.32 Å². The molecule has 3 saturated carbocycles. The Morgan fingerprint density at radius 1 is 1.32 bits per heavy atom. The minimum Gasteiger partial charge on any atom is -0.480 e. The molecule has 3 aliphatic carbocycles. The summed E-state index contributed by atoms with van der Waals surface area (Å²) < 4.78 is 41.8. The Morgan fingerprint density at radius 2 is 2.03 bits per heavy atom. The van der Waals surface area contributed by atoms with Gasteiger partial charge in [-0.05, 0) is 56.2 Å². The SMILES string of the molecule is CCC(N)CNS(=O)(=O)N1C[C@H](CCCB2O[C@H]3C[C@H]4C[C@H](C4(C)C)[C@@]3(C)O2)[C@](N)(C(=O)O)C1. The van der Waals surface area contributed by atoms with Crippen LogP contribution in [0.15, 0.2) is 0 Å². The summed E-state index contributed by atoms with van der Waals surface area (Å²) in [4.78, 5) is 12.0. The molecule has 6 N–H and O–H groups in total. The number of hydrogen-bond acceptors (Lipinski definition) is 7. The molecule has 2 heterocycles. The van der Waals surface area contributed by atoms with Crippen LogP contribution in [-0.2, 0) is 24.3 Å². The number of hydrogen-bond donors (Lipinski definition) is 4. The fourth-order valence-corrected chi connectivity index (χ4v) is 8.09. The third-order valence-corrected chi connectivity index (χ3v) is 10.9. The summed E-state index contributed by atoms with van der Waals surface area (Å²) in [5.41, 5.74) is 10.5. The Morgan fingerprint density at radius 3 is 2.65 bits per heavy atom. The molecule has 2 aliphatic heterocycles. The summed E-state index contributed by atoms with van der Waals surface area (Å²) in [5, 5.41) is 9.81. The second-order valence-corrected chi connectivity index (χ2v) is 13.4. The largest absolute Gasteiger partial charge is 0.480 e. The zero-order valence-corrected chi connectivity index (χ0v) is 21.6. The number of carbonyl (C=O) groups is 1. The maximum absolute atomic E-state index is 12.7. The van der Waals surface area contributed by atoms with E-state index in [2.05, 4.69) is 25.5 Å². The molecule has 0 aromatic rings. The van der Waals surface area contributed by atoms with Crippen molar-refractivity contribution in [3.63, 3.8) is 0 Å². The van der Waals surface area contributed by atoms with Crippen LogP contribution in [0.1, 0.15) is 59.8 Å². The monoisotopic (exact) mass is 500 g/mol. The number of nitrogens with one attached hydrogen (secondary N) is 1. The standard InChI is InChI=1S/C22H41BN4O6S/c1-5-16(24)11-26-34(30,31)27-12-14(22(25,13-27)19(28)29)7-6-8-23-32-18-10-15-9-17(20(15,2)3)21(18,4)33-23/h14-18,26H,5-13,24-25H2,1-4H3,(H,28,29)/t14-,15+,16?,17+,18-,21+,22-/m0/s1. The van der Waals surface area contributed by atoms with Gasteiger partial charge in [-0.3, -0.25) is 4.79 Å². The third kappa shape index (κ3) is 4.33. The molecule has 194 valence electrons. The van der Waals surface area contributed by atoms with E-state index in [9.17, 15) is 18.3 Å². The molecule has 34 heavy (non-hydrogen) atoms. The lowest BCUT2D eigenvalue weighted by atomic mass is 9.43. The van der Waals surface area contributed by atoms with Crippen LogP contribution in [0.4, 0.5) is 0 Å². The molecule has 1 unspecified atom stereocenters. The molecule has 0 aromatic carbocycles. The number of carboxylic acid groups (broad SMARTS) is 1. The van der Waals surface area contributed by atoms with Gasteiger partial charge in [0, 0.05) is 31.6 Å². The van der Waals surface area contributed by atoms with Crippen molar-refractivity contribution < 1.29 is 27.6 Å². The minimum absolute atomic E-state index is 0.0597. The minimum atomic E-state index is -3.87. The molecule has 12 heteroatoms. The van der Waals surface area contributed by atoms with Crippen LogP contribution < -0.4 is 16.2 Å². The van der Waals surface area contributed by atoms with Gasteiger partial charge < -0.3 is 25.9 Å². The van der Waals surface area contributed by atoms with Crippen molar-refractivity contribution in [2.75, 3.05) is 19.6 Å². The lowest BCUT2D eigenvalue weighted by Gasteiger charge is -2.64. The Bertz CT molecular complexity index is 906. The summed E-state index contributed by atoms with van der Waals surface area (Å²) >= 11 is 0. The number of carboxylic acids is 1. The van der Waals surface area contributed by atoms with Crippen LogP contribution in [-0.4, -0.2) is 73.8 Å². The van der Waals surface area contributed by atoms with E-state index in [4.69, 9.17) is 20.8 Å². The van der Waals surface area contributed by atoms with Gasteiger partial charge in [0.25, 0.3) is 10.2 Å². The highest BCUT2D eigenvalue weighted by Gasteiger charge is 2.67. The zero-order chi connectivity index (χ0) is 25.1. The first-order chi connectivity index (χ1) is 15.7. The maximum Gasteiger partial charge on any atom is 0.457 e. The lowest BCUT2D eigenvalue weighted by Crippen LogP contribution is -2.65. The molecular weight excluding hydrogens is 459 g/mol. The van der Waals surface area contributed by atoms with Crippen LogP contribution >= 0.6 is 0 Å². The molecule has 5 aliphatic rings. The van der Waals surface area contributed by atoms with Crippen molar-refractivity contribution in [1.82, 2.24) is 9.03 Å². The van der Waals surface area contributed by atoms with Gasteiger partial charge in [0.05, 0.1) is 11.7 Å². The van der Waals surface area contributed by atoms with Crippen LogP contribution in [0, 0.1) is 23.2 Å². The van der Waals surface area contributed by atoms with E-state index in [1.54, 1.807) is 0 Å². The average molecular weight is 500 g/mol. The first kappa shape index (κ1) is 26.3. The highest BCUT2D eigenvalue weighted by atomic mass is 32.2. The first-order valence-electron chi connectivity index (χ1n) is 12.6. The van der Waals surface area contributed by atoms with Gasteiger partial charge in [-0.15, -0.1) is 0 Å². The van der Waals surface area contributed by atoms with Gasteiger partial charge in [0.2, 0.25) is 0 Å². The van der Waals surface area contributed by atoms with Gasteiger partial charge in [0.1, 0.15) is 5.54 Å². The molecule has 5 fully saturated rings. The molecule has 10 nitrogen and oxygen atoms in total. The summed E-state index contributed by atoms with van der Waals surface area (Å²) in [5.74, 6) is -0.528. The molecule has 0 radical (unpaired) electrons. The zero-order valence-electron chi connectivity index (χ0n) is 20.8. The molecule has 0 aromatic heterocycles. The highest BCUT2D eigenvalue weighted by molar-refractivity contribution is 7.87. The van der Waals surface area contributed by atoms with Crippen molar-refractivity contribution in [3.8, 4) is 0 Å². The quantitative estimate of drug-likeness (QED) is 0.321. The third-order valence-electron chi connectivity index (χ3n) is 9.38. The normalized spacial score (nSPS) is 40.1. The van der Waals surface area contributed by atoms with Crippen molar-refractivity contribution in [1.29, 1.82) is 0 Å². The summed E-state index contributed by atoms with van der Waals surface area (Å²) in [6.07, 6.45) is 4.70. The molecule has 5 rings (SSSR count). The van der Waals surface area contributed by atoms with Crippen molar-refractivity contribution in [2.24, 2.45) is 34.6 Å². The smallest absolute Gasteiger partial charge is 0.457 e. The average Bonchev–Trinajstić information content (AvgIpc) is 3.29. The Balaban J connectivity index is 1.34. The van der Waals surface area contributed by atoms with E-state index in [0.29, 0.717) is 37.4 Å². The lowest BCUT2D eigenvalue weighted by molar-refractivity contribution is -0.199. The Kier molecular flexibility index (Phi) is 6.94. The number of rotatable bonds is 10. The van der Waals surface area contributed by atoms with E-state index in [-0.39, 0.29) is 49.9 Å². The molecule has 0 spiro atoms. The first-order valence-corrected chi connectivity index (χ1v) is 14.0. The van der Waals surface area contributed by atoms with Crippen molar-refractivity contribution >= 4 is 23.3 Å². The molecular formula is C22H41BN4O6S. The number of aliphatic carboxylic acids is 1. The van der Waals surface area contributed by atoms with Crippen molar-refractivity contribution in [3.05, 3.63) is 0 Å². The second-order valence-electron chi connectivity index (χ2n) is 11.7. The maximum atomic E-state index is 12.7. The van der Waals surface area contributed by atoms with Gasteiger partial charge in [-0.25, -0.2) is 4.72 Å². The number of nitrogens with two attached hydrogens (primary N) is 2. The van der Waals surface area contributed by atoms with E-state index in [1.807, 2.05) is 6.92 Å². The topological polar surface area (TPSA) is 157 Å². The Labute approximate surface area is 203 Å². The summed E-state index contributed by atoms with van der Waals surface area (Å²) in [6, 6.07) is -0.302. The predicted octanol–water partition coefficient (Wildman–Crippen LogP) is 0.781. The van der Waals surface area contributed by atoms with Gasteiger partial charge >= 0.3 is 13.1 Å². The van der Waals surface area contributed by atoms with E-state index in [0.717, 1.165) is 10.7 Å². The van der Waals surface area contributed by atoms with E-state index < -0.39 is 27.6 Å². The fraction of sp³-hybridized carbons (Fsp3) is 0.955. The van der Waals surface area contributed by atoms with Gasteiger partial charge in [0.15, 0.2) is 0 Å². The summed E-state index contributed by atoms with van der Waals surface area (Å²) in [7, 11) is -4.19. The van der Waals surface area contributed by atoms with Crippen LogP contribution in [0.3, 0.4) is 0 Å². The second kappa shape index (κ2) is 8.97. The van der Waals surface area contributed by atoms with Gasteiger partial charge in [-0.2, -0.15) is 12.7 Å². The van der Waals surface area contributed by atoms with Crippen LogP contribution in [0.25, 0.3) is 0 Å². The molecule has 7 atom stereocenters. The molecule has 0 amide bonds. The Hall–Kier alpha value is -0.755. The molecule has 2 saturated heterocycles. The number of nitrogens with zero attached hydrogens (tertiary/aromatic N) is 1. The van der Waals surface area contributed by atoms with E-state index >= 15 is 0 Å². The molecule has 2 bridgehead atoms. The predicted molar refractivity (Wildman–Crippen MR) is 129 cm³/mol. The van der Waals surface area contributed by atoms with Crippen LogP contribution in [0.5, 0.6) is 0 Å². The summed E-state index contributed by atoms with van der Waals surface area (Å²) in [6.45, 7) is 8.58. The fourth-order valence-electron chi connectivity index (χ4n) is 6.72. The highest BCUT2D eigenvalue weighted by Crippen LogP contribution is 2.65. The van der Waals surface area contributed by atoms with Gasteiger partial charge in [-0.1, -0.05) is 27.2 Å². The van der Waals surface area contributed by atoms with Crippen molar-refractivity contribution in [2.45, 2.75) is 89.4 Å². The van der Waals surface area contributed by atoms with E-state index in [1.165, 1.54) is 6.42 Å².